The van der Waals surface area contributed by atoms with Gasteiger partial charge in [-0.15, -0.1) is 0 Å². The van der Waals surface area contributed by atoms with Gasteiger partial charge in [-0.2, -0.15) is 0 Å². The molecule has 1 aliphatic rings. The van der Waals surface area contributed by atoms with Gasteiger partial charge in [-0.25, -0.2) is 0 Å². The summed E-state index contributed by atoms with van der Waals surface area (Å²) in [7, 11) is 3.28. The highest BCUT2D eigenvalue weighted by molar-refractivity contribution is 5.95. The third-order valence-corrected chi connectivity index (χ3v) is 3.08. The maximum atomic E-state index is 11.9. The molecule has 0 atom stereocenters. The fraction of sp³-hybridized carbons (Fsp3) is 0.417. The lowest BCUT2D eigenvalue weighted by atomic mass is 10.1. The molecule has 0 spiro atoms. The van der Waals surface area contributed by atoms with Gasteiger partial charge < -0.3 is 15.5 Å². The number of rotatable bonds is 3. The van der Waals surface area contributed by atoms with Crippen LogP contribution in [0.3, 0.4) is 0 Å². The van der Waals surface area contributed by atoms with Crippen LogP contribution in [0.2, 0.25) is 0 Å². The standard InChI is InChI=1S/C12H16N4O3/c1-14(2)12(17)8-3-4-10(16(18)19)11(5-8)15-6-9(13)7-15/h3-5,9H,6-7,13H2,1-2H3. The van der Waals surface area contributed by atoms with E-state index in [0.717, 1.165) is 0 Å². The molecule has 19 heavy (non-hydrogen) atoms. The smallest absolute Gasteiger partial charge is 0.292 e. The van der Waals surface area contributed by atoms with E-state index in [-0.39, 0.29) is 17.6 Å². The van der Waals surface area contributed by atoms with Gasteiger partial charge in [0, 0.05) is 44.9 Å². The number of carbonyl (C=O) groups is 1. The molecule has 0 bridgehead atoms. The lowest BCUT2D eigenvalue weighted by Crippen LogP contribution is -2.56. The molecule has 0 saturated carbocycles. The average molecular weight is 264 g/mol. The van der Waals surface area contributed by atoms with Crippen molar-refractivity contribution >= 4 is 17.3 Å². The summed E-state index contributed by atoms with van der Waals surface area (Å²) in [5.74, 6) is -0.180. The molecule has 0 aliphatic carbocycles. The van der Waals surface area contributed by atoms with Crippen molar-refractivity contribution in [3.05, 3.63) is 33.9 Å². The summed E-state index contributed by atoms with van der Waals surface area (Å²) in [5, 5.41) is 11.0. The highest BCUT2D eigenvalue weighted by Crippen LogP contribution is 2.32. The first-order valence-corrected chi connectivity index (χ1v) is 5.90. The van der Waals surface area contributed by atoms with E-state index < -0.39 is 4.92 Å². The van der Waals surface area contributed by atoms with Gasteiger partial charge in [0.15, 0.2) is 0 Å². The van der Waals surface area contributed by atoms with E-state index in [2.05, 4.69) is 0 Å². The highest BCUT2D eigenvalue weighted by Gasteiger charge is 2.29. The Morgan fingerprint density at radius 1 is 1.47 bits per heavy atom. The van der Waals surface area contributed by atoms with Crippen LogP contribution in [0.4, 0.5) is 11.4 Å². The fourth-order valence-electron chi connectivity index (χ4n) is 2.03. The van der Waals surface area contributed by atoms with Crippen molar-refractivity contribution in [1.82, 2.24) is 4.90 Å². The van der Waals surface area contributed by atoms with Crippen LogP contribution in [0.5, 0.6) is 0 Å². The Morgan fingerprint density at radius 2 is 2.11 bits per heavy atom. The summed E-state index contributed by atoms with van der Waals surface area (Å²) in [6, 6.07) is 4.44. The van der Waals surface area contributed by atoms with E-state index in [1.165, 1.54) is 17.0 Å². The molecule has 7 heteroatoms. The van der Waals surface area contributed by atoms with Crippen LogP contribution in [-0.4, -0.2) is 49.0 Å². The highest BCUT2D eigenvalue weighted by atomic mass is 16.6. The number of nitrogens with zero attached hydrogens (tertiary/aromatic N) is 3. The molecule has 1 aromatic rings. The zero-order chi connectivity index (χ0) is 14.2. The van der Waals surface area contributed by atoms with Crippen molar-refractivity contribution in [2.75, 3.05) is 32.1 Å². The van der Waals surface area contributed by atoms with Crippen molar-refractivity contribution in [2.45, 2.75) is 6.04 Å². The van der Waals surface area contributed by atoms with E-state index in [0.29, 0.717) is 24.3 Å². The molecule has 1 amide bonds. The van der Waals surface area contributed by atoms with E-state index in [4.69, 9.17) is 5.73 Å². The summed E-state index contributed by atoms with van der Waals surface area (Å²) in [4.78, 5) is 25.7. The van der Waals surface area contributed by atoms with Crippen molar-refractivity contribution in [3.63, 3.8) is 0 Å². The van der Waals surface area contributed by atoms with Gasteiger partial charge in [-0.05, 0) is 12.1 Å². The van der Waals surface area contributed by atoms with Crippen molar-refractivity contribution in [1.29, 1.82) is 0 Å². The van der Waals surface area contributed by atoms with E-state index in [1.807, 2.05) is 4.90 Å². The zero-order valence-electron chi connectivity index (χ0n) is 10.9. The predicted molar refractivity (Wildman–Crippen MR) is 71.3 cm³/mol. The lowest BCUT2D eigenvalue weighted by molar-refractivity contribution is -0.384. The Balaban J connectivity index is 2.39. The number of amides is 1. The van der Waals surface area contributed by atoms with Gasteiger partial charge in [0.1, 0.15) is 5.69 Å². The number of benzene rings is 1. The largest absolute Gasteiger partial charge is 0.363 e. The van der Waals surface area contributed by atoms with Crippen LogP contribution in [0.1, 0.15) is 10.4 Å². The zero-order valence-corrected chi connectivity index (χ0v) is 10.9. The summed E-state index contributed by atoms with van der Waals surface area (Å²) < 4.78 is 0. The van der Waals surface area contributed by atoms with Gasteiger partial charge in [-0.1, -0.05) is 0 Å². The molecule has 1 saturated heterocycles. The molecule has 0 aromatic heterocycles. The molecule has 1 fully saturated rings. The number of nitro groups is 1. The molecule has 1 aromatic carbocycles. The molecule has 1 heterocycles. The Morgan fingerprint density at radius 3 is 2.58 bits per heavy atom. The van der Waals surface area contributed by atoms with Crippen LogP contribution >= 0.6 is 0 Å². The van der Waals surface area contributed by atoms with Crippen molar-refractivity contribution in [3.8, 4) is 0 Å². The summed E-state index contributed by atoms with van der Waals surface area (Å²) in [5.41, 5.74) is 6.59. The molecule has 1 aliphatic heterocycles. The number of anilines is 1. The monoisotopic (exact) mass is 264 g/mol. The normalized spacial score (nSPS) is 15.0. The van der Waals surface area contributed by atoms with Gasteiger partial charge in [0.05, 0.1) is 4.92 Å². The summed E-state index contributed by atoms with van der Waals surface area (Å²) in [6.07, 6.45) is 0. The first-order valence-electron chi connectivity index (χ1n) is 5.90. The minimum Gasteiger partial charge on any atom is -0.363 e. The van der Waals surface area contributed by atoms with Gasteiger partial charge in [-0.3, -0.25) is 14.9 Å². The summed E-state index contributed by atoms with van der Waals surface area (Å²) >= 11 is 0. The van der Waals surface area contributed by atoms with E-state index in [9.17, 15) is 14.9 Å². The Bertz CT molecular complexity index is 524. The number of nitro benzene ring substituents is 1. The van der Waals surface area contributed by atoms with Gasteiger partial charge in [0.2, 0.25) is 0 Å². The third-order valence-electron chi connectivity index (χ3n) is 3.08. The first kappa shape index (κ1) is 13.3. The van der Waals surface area contributed by atoms with Gasteiger partial charge in [0.25, 0.3) is 11.6 Å². The second kappa shape index (κ2) is 4.85. The van der Waals surface area contributed by atoms with Gasteiger partial charge >= 0.3 is 0 Å². The maximum absolute atomic E-state index is 11.9. The molecule has 102 valence electrons. The third kappa shape index (κ3) is 2.50. The fourth-order valence-corrected chi connectivity index (χ4v) is 2.03. The molecule has 7 nitrogen and oxygen atoms in total. The lowest BCUT2D eigenvalue weighted by Gasteiger charge is -2.38. The number of nitrogens with two attached hydrogens (primary N) is 1. The van der Waals surface area contributed by atoms with Crippen LogP contribution < -0.4 is 10.6 Å². The van der Waals surface area contributed by atoms with E-state index in [1.54, 1.807) is 20.2 Å². The quantitative estimate of drug-likeness (QED) is 0.631. The van der Waals surface area contributed by atoms with E-state index >= 15 is 0 Å². The number of hydrogen-bond donors (Lipinski definition) is 1. The molecular formula is C12H16N4O3. The predicted octanol–water partition coefficient (Wildman–Crippen LogP) is 0.444. The maximum Gasteiger partial charge on any atom is 0.292 e. The average Bonchev–Trinajstić information content (AvgIpc) is 2.33. The van der Waals surface area contributed by atoms with Crippen LogP contribution in [0.25, 0.3) is 0 Å². The van der Waals surface area contributed by atoms with Crippen LogP contribution in [0.15, 0.2) is 18.2 Å². The van der Waals surface area contributed by atoms with Crippen LogP contribution in [0, 0.1) is 10.1 Å². The summed E-state index contributed by atoms with van der Waals surface area (Å²) in [6.45, 7) is 1.14. The molecule has 2 rings (SSSR count). The number of carbonyl (C=O) groups excluding carboxylic acids is 1. The second-order valence-electron chi connectivity index (χ2n) is 4.83. The molecule has 0 radical (unpaired) electrons. The Labute approximate surface area is 110 Å². The number of hydrogen-bond acceptors (Lipinski definition) is 5. The second-order valence-corrected chi connectivity index (χ2v) is 4.83. The topological polar surface area (TPSA) is 92.7 Å². The van der Waals surface area contributed by atoms with Crippen molar-refractivity contribution < 1.29 is 9.72 Å². The minimum absolute atomic E-state index is 0.00204. The first-order chi connectivity index (χ1) is 8.90. The molecule has 2 N–H and O–H groups in total. The minimum atomic E-state index is -0.441. The Hall–Kier alpha value is -2.15. The van der Waals surface area contributed by atoms with Crippen LogP contribution in [-0.2, 0) is 0 Å². The Kier molecular flexibility index (Phi) is 3.39. The molecular weight excluding hydrogens is 248 g/mol. The molecule has 0 unspecified atom stereocenters. The van der Waals surface area contributed by atoms with Crippen molar-refractivity contribution in [2.24, 2.45) is 5.73 Å². The SMILES string of the molecule is CN(C)C(=O)c1ccc([N+](=O)[O-])c(N2CC(N)C2)c1.